The normalized spacial score (nSPS) is 10.3. The number of allylic oxidation sites excluding steroid dienone is 4. The molecule has 0 bridgehead atoms. The van der Waals surface area contributed by atoms with Gasteiger partial charge in [0.05, 0.1) is 0 Å². The van der Waals surface area contributed by atoms with E-state index in [1.165, 1.54) is 16.7 Å². The zero-order chi connectivity index (χ0) is 10.4. The van der Waals surface area contributed by atoms with Crippen LogP contribution in [0, 0.1) is 26.8 Å². The predicted molar refractivity (Wildman–Crippen MR) is 62.2 cm³/mol. The summed E-state index contributed by atoms with van der Waals surface area (Å²) in [5.74, 6) is 0. The second-order valence-electron chi connectivity index (χ2n) is 3.67. The Hall–Kier alpha value is -0.201. The van der Waals surface area contributed by atoms with E-state index in [1.807, 2.05) is 12.2 Å². The number of benzene rings is 1. The Bertz CT molecular complexity index is 297. The first kappa shape index (κ1) is 22.0. The maximum absolute atomic E-state index is 2.99. The monoisotopic (exact) mass is 311 g/mol. The first-order valence-electron chi connectivity index (χ1n) is 4.95. The molecule has 0 saturated heterocycles. The van der Waals surface area contributed by atoms with Crippen LogP contribution >= 0.6 is 0 Å². The molecule has 1 radical (unpaired) electrons. The summed E-state index contributed by atoms with van der Waals surface area (Å²) in [6.45, 7) is 6.38. The summed E-state index contributed by atoms with van der Waals surface area (Å²) in [7, 11) is 0. The van der Waals surface area contributed by atoms with Gasteiger partial charge in [-0.3, -0.25) is 6.08 Å². The van der Waals surface area contributed by atoms with Gasteiger partial charge in [-0.05, 0) is 20.8 Å². The van der Waals surface area contributed by atoms with Gasteiger partial charge in [-0.1, -0.05) is 34.9 Å². The maximum Gasteiger partial charge on any atom is 3.00 e. The Morgan fingerprint density at radius 1 is 0.882 bits per heavy atom. The first-order valence-corrected chi connectivity index (χ1v) is 4.95. The quantitative estimate of drug-likeness (QED) is 0.381. The van der Waals surface area contributed by atoms with E-state index in [0.29, 0.717) is 0 Å². The number of rotatable bonds is 0. The fourth-order valence-corrected chi connectivity index (χ4v) is 1.54. The van der Waals surface area contributed by atoms with E-state index in [4.69, 9.17) is 0 Å². The molecule has 95 valence electrons. The van der Waals surface area contributed by atoms with E-state index in [9.17, 15) is 0 Å². The van der Waals surface area contributed by atoms with Crippen molar-refractivity contribution in [3.63, 3.8) is 0 Å². The summed E-state index contributed by atoms with van der Waals surface area (Å²) in [6.07, 6.45) is 10.0. The molecule has 0 fully saturated rings. The van der Waals surface area contributed by atoms with Crippen LogP contribution in [-0.4, -0.2) is 0 Å². The SMILES string of the molecule is Cc1cc(C)cc(C)c1.[C-]1=CC=CC1.[Cl-].[Cl-].[Fe+3]. The van der Waals surface area contributed by atoms with Crippen molar-refractivity contribution in [1.82, 2.24) is 0 Å². The van der Waals surface area contributed by atoms with E-state index >= 15 is 0 Å². The van der Waals surface area contributed by atoms with Gasteiger partial charge in [0.2, 0.25) is 0 Å². The van der Waals surface area contributed by atoms with Crippen LogP contribution in [-0.2, 0) is 17.1 Å². The molecule has 0 nitrogen and oxygen atoms in total. The van der Waals surface area contributed by atoms with Crippen LogP contribution in [0.2, 0.25) is 0 Å². The topological polar surface area (TPSA) is 0 Å². The van der Waals surface area contributed by atoms with Gasteiger partial charge < -0.3 is 24.8 Å². The van der Waals surface area contributed by atoms with Crippen LogP contribution < -0.4 is 24.8 Å². The number of hydrogen-bond acceptors (Lipinski definition) is 0. The summed E-state index contributed by atoms with van der Waals surface area (Å²) < 4.78 is 0. The molecule has 0 aliphatic heterocycles. The van der Waals surface area contributed by atoms with Crippen LogP contribution in [0.5, 0.6) is 0 Å². The third-order valence-electron chi connectivity index (χ3n) is 1.95. The minimum Gasteiger partial charge on any atom is -1.00 e. The molecule has 0 amide bonds. The number of halogens is 2. The third kappa shape index (κ3) is 10.7. The Balaban J connectivity index is -0.000000216. The molecule has 1 aliphatic rings. The fourth-order valence-electron chi connectivity index (χ4n) is 1.54. The van der Waals surface area contributed by atoms with Crippen LogP contribution in [0.4, 0.5) is 0 Å². The van der Waals surface area contributed by atoms with E-state index in [0.717, 1.165) is 6.42 Å². The van der Waals surface area contributed by atoms with Gasteiger partial charge in [-0.15, -0.1) is 6.42 Å². The Labute approximate surface area is 128 Å². The predicted octanol–water partition coefficient (Wildman–Crippen LogP) is -2.08. The van der Waals surface area contributed by atoms with Gasteiger partial charge in [0.25, 0.3) is 0 Å². The molecule has 0 heterocycles. The van der Waals surface area contributed by atoms with Crippen LogP contribution in [0.15, 0.2) is 36.4 Å². The first-order chi connectivity index (χ1) is 6.68. The Kier molecular flexibility index (Phi) is 15.9. The molecule has 0 spiro atoms. The Morgan fingerprint density at radius 2 is 1.29 bits per heavy atom. The van der Waals surface area contributed by atoms with Crippen LogP contribution in [0.25, 0.3) is 0 Å². The molecule has 0 N–H and O–H groups in total. The van der Waals surface area contributed by atoms with E-state index in [2.05, 4.69) is 51.1 Å². The summed E-state index contributed by atoms with van der Waals surface area (Å²) in [5.41, 5.74) is 4.06. The summed E-state index contributed by atoms with van der Waals surface area (Å²) in [5, 5.41) is 0. The molecule has 0 aromatic heterocycles. The van der Waals surface area contributed by atoms with E-state index in [-0.39, 0.29) is 41.9 Å². The number of hydrogen-bond donors (Lipinski definition) is 0. The van der Waals surface area contributed by atoms with Crippen molar-refractivity contribution in [1.29, 1.82) is 0 Å². The molecule has 1 aromatic carbocycles. The van der Waals surface area contributed by atoms with Gasteiger partial charge >= 0.3 is 17.1 Å². The second kappa shape index (κ2) is 12.3. The second-order valence-corrected chi connectivity index (χ2v) is 3.67. The largest absolute Gasteiger partial charge is 3.00 e. The summed E-state index contributed by atoms with van der Waals surface area (Å²) in [4.78, 5) is 0. The molecular weight excluding hydrogens is 295 g/mol. The maximum atomic E-state index is 2.99. The molecule has 17 heavy (non-hydrogen) atoms. The Morgan fingerprint density at radius 3 is 1.47 bits per heavy atom. The molecular formula is C14H17Cl2Fe. The van der Waals surface area contributed by atoms with Crippen LogP contribution in [0.3, 0.4) is 0 Å². The van der Waals surface area contributed by atoms with Crippen molar-refractivity contribution < 1.29 is 41.9 Å². The smallest absolute Gasteiger partial charge is 1.00 e. The average Bonchev–Trinajstić information content (AvgIpc) is 2.56. The van der Waals surface area contributed by atoms with E-state index in [1.54, 1.807) is 0 Å². The van der Waals surface area contributed by atoms with Gasteiger partial charge in [-0.2, -0.15) is 6.08 Å². The van der Waals surface area contributed by atoms with Crippen molar-refractivity contribution in [2.45, 2.75) is 27.2 Å². The third-order valence-corrected chi connectivity index (χ3v) is 1.95. The molecule has 1 aliphatic carbocycles. The van der Waals surface area contributed by atoms with Crippen molar-refractivity contribution in [3.8, 4) is 0 Å². The minimum absolute atomic E-state index is 0. The molecule has 3 heteroatoms. The van der Waals surface area contributed by atoms with Gasteiger partial charge in [0.1, 0.15) is 0 Å². The molecule has 0 unspecified atom stereocenters. The van der Waals surface area contributed by atoms with Gasteiger partial charge in [0, 0.05) is 0 Å². The molecule has 1 aromatic rings. The van der Waals surface area contributed by atoms with Gasteiger partial charge in [0.15, 0.2) is 0 Å². The molecule has 2 rings (SSSR count). The summed E-state index contributed by atoms with van der Waals surface area (Å²) >= 11 is 0. The molecule has 0 saturated carbocycles. The van der Waals surface area contributed by atoms with Gasteiger partial charge in [-0.25, -0.2) is 12.2 Å². The van der Waals surface area contributed by atoms with Crippen molar-refractivity contribution >= 4 is 0 Å². The fraction of sp³-hybridized carbons (Fsp3) is 0.286. The standard InChI is InChI=1S/C9H12.C5H5.2ClH.Fe/c1-7-4-8(2)6-9(3)5-7;1-2-4-5-3-1;;;/h4-6H,1-3H3;1-3H,4H2;2*1H;/q;-1;;;+3/p-2. The molecule has 0 atom stereocenters. The van der Waals surface area contributed by atoms with Crippen molar-refractivity contribution in [2.24, 2.45) is 0 Å². The van der Waals surface area contributed by atoms with Crippen molar-refractivity contribution in [2.75, 3.05) is 0 Å². The zero-order valence-electron chi connectivity index (χ0n) is 10.3. The minimum atomic E-state index is 0. The summed E-state index contributed by atoms with van der Waals surface area (Å²) in [6, 6.07) is 6.56. The zero-order valence-corrected chi connectivity index (χ0v) is 12.9. The van der Waals surface area contributed by atoms with Crippen LogP contribution in [0.1, 0.15) is 23.1 Å². The van der Waals surface area contributed by atoms with E-state index < -0.39 is 0 Å². The van der Waals surface area contributed by atoms with Crippen molar-refractivity contribution in [3.05, 3.63) is 59.2 Å². The number of aryl methyl sites for hydroxylation is 3. The average molecular weight is 312 g/mol.